The molecule has 0 atom stereocenters. The summed E-state index contributed by atoms with van der Waals surface area (Å²) >= 11 is 3.50. The van der Waals surface area contributed by atoms with Crippen molar-refractivity contribution in [2.45, 2.75) is 4.90 Å². The molecule has 2 heterocycles. The average molecular weight is 332 g/mol. The summed E-state index contributed by atoms with van der Waals surface area (Å²) in [5.74, 6) is 0. The molecule has 0 saturated carbocycles. The van der Waals surface area contributed by atoms with Crippen LogP contribution in [0.4, 0.5) is 5.69 Å². The van der Waals surface area contributed by atoms with Gasteiger partial charge < -0.3 is 5.32 Å². The number of thiazole rings is 1. The van der Waals surface area contributed by atoms with E-state index in [1.165, 1.54) is 26.1 Å². The molecule has 0 radical (unpaired) electrons. The van der Waals surface area contributed by atoms with E-state index in [4.69, 9.17) is 4.98 Å². The quantitative estimate of drug-likeness (QED) is 0.465. The minimum Gasteiger partial charge on any atom is -0.349 e. The molecule has 0 aliphatic carbocycles. The number of rotatable bonds is 1. The van der Waals surface area contributed by atoms with Crippen LogP contribution >= 0.6 is 23.1 Å². The van der Waals surface area contributed by atoms with E-state index in [-0.39, 0.29) is 0 Å². The van der Waals surface area contributed by atoms with Crippen molar-refractivity contribution in [1.82, 2.24) is 4.98 Å². The van der Waals surface area contributed by atoms with E-state index in [1.54, 1.807) is 23.1 Å². The van der Waals surface area contributed by atoms with Gasteiger partial charge in [-0.1, -0.05) is 54.2 Å². The minimum atomic E-state index is 1.04. The van der Waals surface area contributed by atoms with Gasteiger partial charge in [-0.05, 0) is 23.6 Å². The van der Waals surface area contributed by atoms with Gasteiger partial charge in [-0.25, -0.2) is 4.98 Å². The fourth-order valence-electron chi connectivity index (χ4n) is 2.85. The molecule has 0 fully saturated rings. The normalized spacial score (nSPS) is 15.2. The molecule has 0 saturated heterocycles. The Kier molecular flexibility index (Phi) is 2.93. The van der Waals surface area contributed by atoms with Gasteiger partial charge in [0, 0.05) is 16.4 Å². The first-order chi connectivity index (χ1) is 11.4. The molecule has 5 rings (SSSR count). The van der Waals surface area contributed by atoms with Gasteiger partial charge in [0.15, 0.2) is 0 Å². The molecule has 0 spiro atoms. The molecule has 1 N–H and O–H groups in total. The summed E-state index contributed by atoms with van der Waals surface area (Å²) in [5, 5.41) is 8.09. The third-order valence-corrected chi connectivity index (χ3v) is 5.90. The maximum atomic E-state index is 4.86. The van der Waals surface area contributed by atoms with Crippen molar-refractivity contribution in [3.8, 4) is 0 Å². The van der Waals surface area contributed by atoms with Crippen LogP contribution in [0, 0.1) is 0 Å². The van der Waals surface area contributed by atoms with E-state index >= 15 is 0 Å². The number of hydrogen-bond acceptors (Lipinski definition) is 4. The molecule has 23 heavy (non-hydrogen) atoms. The SMILES string of the molecule is C(=C1Nc2ccccc2S1)c1nc2c(ccc3ccccc32)s1. The number of nitrogens with one attached hydrogen (secondary N) is 1. The molecule has 110 valence electrons. The standard InChI is InChI=1S/C19H12N2S2/c1-2-6-13-12(5-1)9-10-16-19(13)21-18(23-16)11-17-20-14-7-3-4-8-15(14)22-17/h1-11,20H. The summed E-state index contributed by atoms with van der Waals surface area (Å²) in [6.45, 7) is 0. The highest BCUT2D eigenvalue weighted by Crippen LogP contribution is 2.42. The predicted octanol–water partition coefficient (Wildman–Crippen LogP) is 5.97. The van der Waals surface area contributed by atoms with E-state index in [0.717, 1.165) is 15.6 Å². The third kappa shape index (κ3) is 2.22. The zero-order valence-corrected chi connectivity index (χ0v) is 13.7. The van der Waals surface area contributed by atoms with Crippen LogP contribution < -0.4 is 5.32 Å². The van der Waals surface area contributed by atoms with Crippen LogP contribution in [0.15, 0.2) is 70.6 Å². The fourth-order valence-corrected chi connectivity index (χ4v) is 4.80. The number of thioether (sulfide) groups is 1. The Labute approximate surface area is 141 Å². The number of anilines is 1. The van der Waals surface area contributed by atoms with Crippen LogP contribution in [0.3, 0.4) is 0 Å². The van der Waals surface area contributed by atoms with Crippen molar-refractivity contribution in [3.05, 3.63) is 70.7 Å². The lowest BCUT2D eigenvalue weighted by molar-refractivity contribution is 1.45. The molecule has 0 amide bonds. The summed E-state index contributed by atoms with van der Waals surface area (Å²) in [6.07, 6.45) is 2.14. The van der Waals surface area contributed by atoms with Gasteiger partial charge in [0.2, 0.25) is 0 Å². The summed E-state index contributed by atoms with van der Waals surface area (Å²) in [4.78, 5) is 6.12. The smallest absolute Gasteiger partial charge is 0.119 e. The summed E-state index contributed by atoms with van der Waals surface area (Å²) in [5.41, 5.74) is 2.27. The van der Waals surface area contributed by atoms with Crippen molar-refractivity contribution < 1.29 is 0 Å². The van der Waals surface area contributed by atoms with Crippen LogP contribution in [0.2, 0.25) is 0 Å². The zero-order valence-electron chi connectivity index (χ0n) is 12.1. The molecular weight excluding hydrogens is 320 g/mol. The van der Waals surface area contributed by atoms with Gasteiger partial charge in [-0.2, -0.15) is 0 Å². The molecule has 1 aliphatic heterocycles. The van der Waals surface area contributed by atoms with Gasteiger partial charge in [0.25, 0.3) is 0 Å². The highest BCUT2D eigenvalue weighted by Gasteiger charge is 2.15. The van der Waals surface area contributed by atoms with Gasteiger partial charge >= 0.3 is 0 Å². The van der Waals surface area contributed by atoms with Crippen molar-refractivity contribution >= 4 is 55.9 Å². The minimum absolute atomic E-state index is 1.04. The van der Waals surface area contributed by atoms with Crippen LogP contribution in [-0.2, 0) is 0 Å². The van der Waals surface area contributed by atoms with Crippen molar-refractivity contribution in [3.63, 3.8) is 0 Å². The van der Waals surface area contributed by atoms with E-state index in [9.17, 15) is 0 Å². The van der Waals surface area contributed by atoms with Crippen molar-refractivity contribution in [2.75, 3.05) is 5.32 Å². The molecule has 0 unspecified atom stereocenters. The Morgan fingerprint density at radius 1 is 0.913 bits per heavy atom. The first-order valence-corrected chi connectivity index (χ1v) is 9.04. The molecule has 0 bridgehead atoms. The van der Waals surface area contributed by atoms with Gasteiger partial charge in [0.1, 0.15) is 5.01 Å². The highest BCUT2D eigenvalue weighted by molar-refractivity contribution is 8.03. The maximum Gasteiger partial charge on any atom is 0.119 e. The Morgan fingerprint density at radius 3 is 2.74 bits per heavy atom. The summed E-state index contributed by atoms with van der Waals surface area (Å²) in [7, 11) is 0. The van der Waals surface area contributed by atoms with Crippen LogP contribution in [0.1, 0.15) is 5.01 Å². The topological polar surface area (TPSA) is 24.9 Å². The van der Waals surface area contributed by atoms with Gasteiger partial charge in [0.05, 0.1) is 20.9 Å². The third-order valence-electron chi connectivity index (χ3n) is 3.92. The molecule has 3 aromatic carbocycles. The Balaban J connectivity index is 1.60. The van der Waals surface area contributed by atoms with Gasteiger partial charge in [-0.3, -0.25) is 0 Å². The summed E-state index contributed by atoms with van der Waals surface area (Å²) in [6, 6.07) is 21.1. The molecule has 1 aliphatic rings. The average Bonchev–Trinajstić information content (AvgIpc) is 3.17. The number of benzene rings is 3. The Morgan fingerprint density at radius 2 is 1.78 bits per heavy atom. The van der Waals surface area contributed by atoms with Crippen LogP contribution in [0.5, 0.6) is 0 Å². The van der Waals surface area contributed by atoms with E-state index in [0.29, 0.717) is 0 Å². The van der Waals surface area contributed by atoms with Crippen LogP contribution in [-0.4, -0.2) is 4.98 Å². The van der Waals surface area contributed by atoms with E-state index in [1.807, 2.05) is 0 Å². The molecule has 2 nitrogen and oxygen atoms in total. The number of fused-ring (bicyclic) bond motifs is 4. The monoisotopic (exact) mass is 332 g/mol. The number of para-hydroxylation sites is 1. The molecule has 1 aromatic heterocycles. The summed E-state index contributed by atoms with van der Waals surface area (Å²) < 4.78 is 1.23. The maximum absolute atomic E-state index is 4.86. The highest BCUT2D eigenvalue weighted by atomic mass is 32.2. The molecule has 4 heteroatoms. The van der Waals surface area contributed by atoms with Crippen LogP contribution in [0.25, 0.3) is 27.1 Å². The zero-order chi connectivity index (χ0) is 15.2. The van der Waals surface area contributed by atoms with E-state index < -0.39 is 0 Å². The number of aromatic nitrogens is 1. The molecule has 4 aromatic rings. The van der Waals surface area contributed by atoms with Gasteiger partial charge in [-0.15, -0.1) is 11.3 Å². The van der Waals surface area contributed by atoms with Crippen molar-refractivity contribution in [1.29, 1.82) is 0 Å². The second kappa shape index (κ2) is 5.11. The van der Waals surface area contributed by atoms with Crippen molar-refractivity contribution in [2.24, 2.45) is 0 Å². The number of nitrogens with zero attached hydrogens (tertiary/aromatic N) is 1. The number of hydrogen-bond donors (Lipinski definition) is 1. The lowest BCUT2D eigenvalue weighted by atomic mass is 10.1. The molecular formula is C19H12N2S2. The Hall–Kier alpha value is -2.30. The second-order valence-corrected chi connectivity index (χ2v) is 7.56. The predicted molar refractivity (Wildman–Crippen MR) is 101 cm³/mol. The largest absolute Gasteiger partial charge is 0.349 e. The Bertz CT molecular complexity index is 1050. The fraction of sp³-hybridized carbons (Fsp3) is 0. The lowest BCUT2D eigenvalue weighted by Crippen LogP contribution is -1.87. The first kappa shape index (κ1) is 13.2. The second-order valence-electron chi connectivity index (χ2n) is 5.42. The first-order valence-electron chi connectivity index (χ1n) is 7.41. The lowest BCUT2D eigenvalue weighted by Gasteiger charge is -1.96. The van der Waals surface area contributed by atoms with E-state index in [2.05, 4.69) is 72.1 Å².